The first-order valence-electron chi connectivity index (χ1n) is 9.06. The average molecular weight is 383 g/mol. The normalized spacial score (nSPS) is 23.4. The number of hydrogen-bond donors (Lipinski definition) is 0. The van der Waals surface area contributed by atoms with Crippen LogP contribution < -0.4 is 0 Å². The molecule has 5 nitrogen and oxygen atoms in total. The van der Waals surface area contributed by atoms with Gasteiger partial charge in [-0.25, -0.2) is 4.98 Å². The standard InChI is InChI=1S/C18H24Cl2N4O/c19-14-9-17(20)18-21-15(12-24(18)10-14)11-23-4-2-1-3-16(23)13-22-5-7-25-8-6-22/h9-10,12,16H,1-8,11,13H2. The zero-order valence-electron chi connectivity index (χ0n) is 14.3. The number of fused-ring (bicyclic) bond motifs is 1. The van der Waals surface area contributed by atoms with E-state index < -0.39 is 0 Å². The van der Waals surface area contributed by atoms with Gasteiger partial charge in [-0.2, -0.15) is 0 Å². The Labute approximate surface area is 158 Å². The van der Waals surface area contributed by atoms with Gasteiger partial charge >= 0.3 is 0 Å². The molecular formula is C18H24Cl2N4O. The van der Waals surface area contributed by atoms with Crippen molar-refractivity contribution < 1.29 is 4.74 Å². The Morgan fingerprint density at radius 1 is 1.12 bits per heavy atom. The van der Waals surface area contributed by atoms with E-state index in [0.717, 1.165) is 57.3 Å². The molecule has 0 saturated carbocycles. The number of imidazole rings is 1. The van der Waals surface area contributed by atoms with Crippen LogP contribution in [0.1, 0.15) is 25.0 Å². The third-order valence-corrected chi connectivity index (χ3v) is 5.69. The number of aromatic nitrogens is 2. The van der Waals surface area contributed by atoms with Gasteiger partial charge < -0.3 is 9.14 Å². The highest BCUT2D eigenvalue weighted by molar-refractivity contribution is 6.36. The zero-order valence-corrected chi connectivity index (χ0v) is 15.8. The lowest BCUT2D eigenvalue weighted by Crippen LogP contribution is -2.49. The van der Waals surface area contributed by atoms with Gasteiger partial charge in [-0.05, 0) is 25.5 Å². The maximum absolute atomic E-state index is 6.28. The van der Waals surface area contributed by atoms with Crippen LogP contribution in [0.2, 0.25) is 10.0 Å². The third-order valence-electron chi connectivity index (χ3n) is 5.21. The van der Waals surface area contributed by atoms with Crippen molar-refractivity contribution in [3.63, 3.8) is 0 Å². The third kappa shape index (κ3) is 4.12. The Balaban J connectivity index is 1.48. The number of pyridine rings is 1. The highest BCUT2D eigenvalue weighted by Gasteiger charge is 2.26. The van der Waals surface area contributed by atoms with Gasteiger partial charge in [0.15, 0.2) is 5.65 Å². The van der Waals surface area contributed by atoms with E-state index in [1.165, 1.54) is 19.3 Å². The van der Waals surface area contributed by atoms with Crippen molar-refractivity contribution in [1.29, 1.82) is 0 Å². The van der Waals surface area contributed by atoms with Crippen molar-refractivity contribution in [3.05, 3.63) is 34.2 Å². The molecule has 1 unspecified atom stereocenters. The predicted molar refractivity (Wildman–Crippen MR) is 101 cm³/mol. The maximum atomic E-state index is 6.28. The second kappa shape index (κ2) is 7.80. The van der Waals surface area contributed by atoms with E-state index in [1.807, 2.05) is 16.8 Å². The van der Waals surface area contributed by atoms with Gasteiger partial charge in [0, 0.05) is 44.6 Å². The monoisotopic (exact) mass is 382 g/mol. The van der Waals surface area contributed by atoms with Crippen molar-refractivity contribution in [3.8, 4) is 0 Å². The molecule has 0 aromatic carbocycles. The number of piperidine rings is 1. The molecule has 0 bridgehead atoms. The summed E-state index contributed by atoms with van der Waals surface area (Å²) in [6.07, 6.45) is 7.75. The molecule has 25 heavy (non-hydrogen) atoms. The molecule has 0 N–H and O–H groups in total. The van der Waals surface area contributed by atoms with Crippen molar-refractivity contribution in [2.45, 2.75) is 31.8 Å². The number of nitrogens with zero attached hydrogens (tertiary/aromatic N) is 4. The van der Waals surface area contributed by atoms with Crippen molar-refractivity contribution in [2.24, 2.45) is 0 Å². The van der Waals surface area contributed by atoms with Crippen LogP contribution in [0.4, 0.5) is 0 Å². The highest BCUT2D eigenvalue weighted by atomic mass is 35.5. The van der Waals surface area contributed by atoms with Gasteiger partial charge in [0.1, 0.15) is 0 Å². The second-order valence-electron chi connectivity index (χ2n) is 7.00. The van der Waals surface area contributed by atoms with Crippen LogP contribution in [0.25, 0.3) is 5.65 Å². The molecule has 2 aromatic rings. The Kier molecular flexibility index (Phi) is 5.48. The number of morpholine rings is 1. The van der Waals surface area contributed by atoms with E-state index in [1.54, 1.807) is 6.07 Å². The number of hydrogen-bond acceptors (Lipinski definition) is 4. The van der Waals surface area contributed by atoms with Gasteiger partial charge in [-0.3, -0.25) is 9.80 Å². The molecule has 0 radical (unpaired) electrons. The molecule has 0 amide bonds. The molecule has 4 rings (SSSR count). The number of ether oxygens (including phenoxy) is 1. The molecule has 136 valence electrons. The van der Waals surface area contributed by atoms with Crippen LogP contribution >= 0.6 is 23.2 Å². The summed E-state index contributed by atoms with van der Waals surface area (Å²) < 4.78 is 7.41. The van der Waals surface area contributed by atoms with Crippen LogP contribution in [0.5, 0.6) is 0 Å². The van der Waals surface area contributed by atoms with E-state index in [2.05, 4.69) is 9.80 Å². The predicted octanol–water partition coefficient (Wildman–Crippen LogP) is 3.33. The van der Waals surface area contributed by atoms with E-state index in [0.29, 0.717) is 16.1 Å². The topological polar surface area (TPSA) is 33.0 Å². The van der Waals surface area contributed by atoms with Crippen LogP contribution in [-0.4, -0.2) is 64.6 Å². The maximum Gasteiger partial charge on any atom is 0.156 e. The minimum atomic E-state index is 0.593. The Hall–Kier alpha value is -0.850. The first-order valence-corrected chi connectivity index (χ1v) is 9.81. The summed E-state index contributed by atoms with van der Waals surface area (Å²) in [5.74, 6) is 0. The molecule has 2 aromatic heterocycles. The van der Waals surface area contributed by atoms with E-state index in [9.17, 15) is 0 Å². The molecule has 2 aliphatic heterocycles. The molecule has 1 atom stereocenters. The minimum absolute atomic E-state index is 0.593. The Morgan fingerprint density at radius 2 is 1.96 bits per heavy atom. The number of halogens is 2. The first-order chi connectivity index (χ1) is 12.2. The fraction of sp³-hybridized carbons (Fsp3) is 0.611. The SMILES string of the molecule is Clc1cc(Cl)c2nc(CN3CCCCC3CN3CCOCC3)cn2c1. The lowest BCUT2D eigenvalue weighted by molar-refractivity contribution is 0.0151. The highest BCUT2D eigenvalue weighted by Crippen LogP contribution is 2.24. The summed E-state index contributed by atoms with van der Waals surface area (Å²) in [5, 5.41) is 1.23. The number of rotatable bonds is 4. The summed E-state index contributed by atoms with van der Waals surface area (Å²) in [5.41, 5.74) is 1.83. The lowest BCUT2D eigenvalue weighted by atomic mass is 10.0. The molecule has 7 heteroatoms. The molecule has 0 spiro atoms. The summed E-state index contributed by atoms with van der Waals surface area (Å²) >= 11 is 12.4. The van der Waals surface area contributed by atoms with Crippen LogP contribution in [0.3, 0.4) is 0 Å². The van der Waals surface area contributed by atoms with Gasteiger partial charge in [0.25, 0.3) is 0 Å². The minimum Gasteiger partial charge on any atom is -0.379 e. The quantitative estimate of drug-likeness (QED) is 0.811. The fourth-order valence-electron chi connectivity index (χ4n) is 3.92. The van der Waals surface area contributed by atoms with Crippen LogP contribution in [0, 0.1) is 0 Å². The molecule has 2 aliphatic rings. The fourth-order valence-corrected chi connectivity index (χ4v) is 4.44. The molecule has 2 fully saturated rings. The van der Waals surface area contributed by atoms with Gasteiger partial charge in [-0.1, -0.05) is 29.6 Å². The average Bonchev–Trinajstić information content (AvgIpc) is 3.00. The van der Waals surface area contributed by atoms with Gasteiger partial charge in [0.2, 0.25) is 0 Å². The van der Waals surface area contributed by atoms with Crippen molar-refractivity contribution >= 4 is 28.8 Å². The van der Waals surface area contributed by atoms with Gasteiger partial charge in [-0.15, -0.1) is 0 Å². The summed E-state index contributed by atoms with van der Waals surface area (Å²) in [7, 11) is 0. The summed E-state index contributed by atoms with van der Waals surface area (Å²) in [6.45, 7) is 6.95. The number of likely N-dealkylation sites (tertiary alicyclic amines) is 1. The lowest BCUT2D eigenvalue weighted by Gasteiger charge is -2.39. The Morgan fingerprint density at radius 3 is 2.80 bits per heavy atom. The van der Waals surface area contributed by atoms with Crippen LogP contribution in [-0.2, 0) is 11.3 Å². The smallest absolute Gasteiger partial charge is 0.156 e. The molecule has 2 saturated heterocycles. The largest absolute Gasteiger partial charge is 0.379 e. The van der Waals surface area contributed by atoms with E-state index >= 15 is 0 Å². The van der Waals surface area contributed by atoms with Crippen molar-refractivity contribution in [2.75, 3.05) is 39.4 Å². The van der Waals surface area contributed by atoms with Gasteiger partial charge in [0.05, 0.1) is 29.0 Å². The Bertz CT molecular complexity index is 729. The van der Waals surface area contributed by atoms with Crippen molar-refractivity contribution in [1.82, 2.24) is 19.2 Å². The zero-order chi connectivity index (χ0) is 17.2. The summed E-state index contributed by atoms with van der Waals surface area (Å²) in [6, 6.07) is 2.34. The van der Waals surface area contributed by atoms with E-state index in [-0.39, 0.29) is 0 Å². The molecule has 4 heterocycles. The molecule has 0 aliphatic carbocycles. The second-order valence-corrected chi connectivity index (χ2v) is 7.85. The summed E-state index contributed by atoms with van der Waals surface area (Å²) in [4.78, 5) is 9.84. The molecular weight excluding hydrogens is 359 g/mol. The first kappa shape index (κ1) is 17.6. The van der Waals surface area contributed by atoms with E-state index in [4.69, 9.17) is 32.9 Å². The van der Waals surface area contributed by atoms with Crippen LogP contribution in [0.15, 0.2) is 18.5 Å².